The van der Waals surface area contributed by atoms with Crippen molar-refractivity contribution in [2.45, 2.75) is 57.1 Å². The number of aliphatic hydroxyl groups is 1. The van der Waals surface area contributed by atoms with Crippen molar-refractivity contribution in [3.8, 4) is 0 Å². The third-order valence-corrected chi connectivity index (χ3v) is 5.25. The summed E-state index contributed by atoms with van der Waals surface area (Å²) in [6.07, 6.45) is 7.48. The monoisotopic (exact) mass is 316 g/mol. The van der Waals surface area contributed by atoms with Gasteiger partial charge in [0.2, 0.25) is 0 Å². The quantitative estimate of drug-likeness (QED) is 0.755. The lowest BCUT2D eigenvalue weighted by Crippen LogP contribution is -2.43. The smallest absolute Gasteiger partial charge is 0.250 e. The molecule has 4 nitrogen and oxygen atoms in total. The van der Waals surface area contributed by atoms with Gasteiger partial charge in [0.05, 0.1) is 6.04 Å². The van der Waals surface area contributed by atoms with Gasteiger partial charge in [0, 0.05) is 6.54 Å². The van der Waals surface area contributed by atoms with Gasteiger partial charge in [0.15, 0.2) is 0 Å². The van der Waals surface area contributed by atoms with Gasteiger partial charge in [-0.3, -0.25) is 4.79 Å². The molecule has 0 radical (unpaired) electrons. The first-order chi connectivity index (χ1) is 11.2. The van der Waals surface area contributed by atoms with Gasteiger partial charge in [0.25, 0.3) is 5.91 Å². The van der Waals surface area contributed by atoms with Crippen LogP contribution in [0.5, 0.6) is 0 Å². The third-order valence-electron chi connectivity index (χ3n) is 5.25. The van der Waals surface area contributed by atoms with Crippen LogP contribution in [0.25, 0.3) is 0 Å². The number of nitrogens with one attached hydrogen (secondary N) is 2. The number of hydrogen-bond acceptors (Lipinski definition) is 3. The number of carbonyl (C=O) groups is 1. The van der Waals surface area contributed by atoms with Crippen LogP contribution in [0.3, 0.4) is 0 Å². The maximum Gasteiger partial charge on any atom is 0.250 e. The van der Waals surface area contributed by atoms with E-state index in [0.717, 1.165) is 19.4 Å². The Kier molecular flexibility index (Phi) is 5.68. The minimum Gasteiger partial charge on any atom is -0.382 e. The highest BCUT2D eigenvalue weighted by Crippen LogP contribution is 2.30. The van der Waals surface area contributed by atoms with Gasteiger partial charge >= 0.3 is 0 Å². The first-order valence-corrected chi connectivity index (χ1v) is 9.01. The highest BCUT2D eigenvalue weighted by atomic mass is 16.3. The summed E-state index contributed by atoms with van der Waals surface area (Å²) in [5.74, 6) is 0.448. The molecule has 0 saturated heterocycles. The molecule has 2 aliphatic rings. The van der Waals surface area contributed by atoms with E-state index in [9.17, 15) is 9.90 Å². The van der Waals surface area contributed by atoms with E-state index in [1.807, 2.05) is 12.1 Å². The number of rotatable bonds is 6. The molecule has 1 fully saturated rings. The Morgan fingerprint density at radius 1 is 1.17 bits per heavy atom. The van der Waals surface area contributed by atoms with Crippen molar-refractivity contribution in [3.05, 3.63) is 35.4 Å². The number of fused-ring (bicyclic) bond motifs is 1. The summed E-state index contributed by atoms with van der Waals surface area (Å²) >= 11 is 0. The summed E-state index contributed by atoms with van der Waals surface area (Å²) in [4.78, 5) is 12.2. The molecule has 2 atom stereocenters. The van der Waals surface area contributed by atoms with Crippen LogP contribution in [-0.2, 0) is 11.2 Å². The van der Waals surface area contributed by atoms with Gasteiger partial charge in [-0.15, -0.1) is 0 Å². The van der Waals surface area contributed by atoms with E-state index in [0.29, 0.717) is 12.5 Å². The summed E-state index contributed by atoms with van der Waals surface area (Å²) in [5, 5.41) is 16.3. The lowest BCUT2D eigenvalue weighted by Gasteiger charge is -2.23. The molecule has 2 aliphatic carbocycles. The highest BCUT2D eigenvalue weighted by Gasteiger charge is 2.26. The average molecular weight is 316 g/mol. The normalized spacial score (nSPS) is 22.6. The summed E-state index contributed by atoms with van der Waals surface area (Å²) < 4.78 is 0. The van der Waals surface area contributed by atoms with Crippen molar-refractivity contribution < 1.29 is 9.90 Å². The SMILES string of the molecule is O=C(NC1CCc2ccccc21)C(O)CNCC1CCCCC1. The number of aryl methyl sites for hydroxylation is 1. The van der Waals surface area contributed by atoms with E-state index in [4.69, 9.17) is 0 Å². The van der Waals surface area contributed by atoms with Crippen molar-refractivity contribution in [2.24, 2.45) is 5.92 Å². The fourth-order valence-electron chi connectivity index (χ4n) is 3.88. The van der Waals surface area contributed by atoms with Crippen molar-refractivity contribution in [1.82, 2.24) is 10.6 Å². The highest BCUT2D eigenvalue weighted by molar-refractivity contribution is 5.81. The molecule has 3 N–H and O–H groups in total. The van der Waals surface area contributed by atoms with Gasteiger partial charge in [0.1, 0.15) is 6.10 Å². The van der Waals surface area contributed by atoms with Crippen LogP contribution < -0.4 is 10.6 Å². The van der Waals surface area contributed by atoms with Crippen LogP contribution in [0.1, 0.15) is 55.7 Å². The maximum atomic E-state index is 12.2. The molecule has 1 aromatic rings. The van der Waals surface area contributed by atoms with Crippen LogP contribution in [-0.4, -0.2) is 30.2 Å². The Morgan fingerprint density at radius 2 is 1.96 bits per heavy atom. The molecule has 0 bridgehead atoms. The summed E-state index contributed by atoms with van der Waals surface area (Å²) in [7, 11) is 0. The number of amides is 1. The fourth-order valence-corrected chi connectivity index (χ4v) is 3.88. The summed E-state index contributed by atoms with van der Waals surface area (Å²) in [6.45, 7) is 1.26. The predicted octanol–water partition coefficient (Wildman–Crippen LogP) is 2.32. The Hall–Kier alpha value is -1.39. The van der Waals surface area contributed by atoms with Gasteiger partial charge in [-0.1, -0.05) is 43.5 Å². The number of hydrogen-bond donors (Lipinski definition) is 3. The van der Waals surface area contributed by atoms with E-state index in [1.165, 1.54) is 43.2 Å². The minimum atomic E-state index is -0.966. The molecule has 126 valence electrons. The van der Waals surface area contributed by atoms with Crippen LogP contribution in [0.15, 0.2) is 24.3 Å². The first-order valence-electron chi connectivity index (χ1n) is 9.01. The molecule has 1 amide bonds. The van der Waals surface area contributed by atoms with Gasteiger partial charge < -0.3 is 15.7 Å². The Bertz CT molecular complexity index is 526. The molecule has 0 aliphatic heterocycles. The maximum absolute atomic E-state index is 12.2. The first kappa shape index (κ1) is 16.5. The summed E-state index contributed by atoms with van der Waals surface area (Å²) in [6, 6.07) is 8.27. The third kappa shape index (κ3) is 4.33. The van der Waals surface area contributed by atoms with Gasteiger partial charge in [-0.2, -0.15) is 0 Å². The molecule has 0 spiro atoms. The number of benzene rings is 1. The second-order valence-electron chi connectivity index (χ2n) is 6.98. The predicted molar refractivity (Wildman–Crippen MR) is 91.1 cm³/mol. The van der Waals surface area contributed by atoms with Crippen molar-refractivity contribution in [2.75, 3.05) is 13.1 Å². The van der Waals surface area contributed by atoms with Gasteiger partial charge in [-0.25, -0.2) is 0 Å². The van der Waals surface area contributed by atoms with Crippen LogP contribution in [0.2, 0.25) is 0 Å². The number of carbonyl (C=O) groups excluding carboxylic acids is 1. The molecular weight excluding hydrogens is 288 g/mol. The van der Waals surface area contributed by atoms with E-state index < -0.39 is 6.10 Å². The molecule has 4 heteroatoms. The molecular formula is C19H28N2O2. The zero-order chi connectivity index (χ0) is 16.1. The Labute approximate surface area is 138 Å². The van der Waals surface area contributed by atoms with Crippen molar-refractivity contribution in [3.63, 3.8) is 0 Å². The van der Waals surface area contributed by atoms with Crippen molar-refractivity contribution in [1.29, 1.82) is 0 Å². The van der Waals surface area contributed by atoms with Gasteiger partial charge in [-0.05, 0) is 49.3 Å². The van der Waals surface area contributed by atoms with E-state index in [2.05, 4.69) is 22.8 Å². The number of aliphatic hydroxyl groups excluding tert-OH is 1. The minimum absolute atomic E-state index is 0.0479. The van der Waals surface area contributed by atoms with E-state index in [-0.39, 0.29) is 11.9 Å². The second kappa shape index (κ2) is 7.93. The molecule has 3 rings (SSSR count). The summed E-state index contributed by atoms with van der Waals surface area (Å²) in [5.41, 5.74) is 2.51. The molecule has 0 aromatic heterocycles. The van der Waals surface area contributed by atoms with E-state index in [1.54, 1.807) is 0 Å². The van der Waals surface area contributed by atoms with E-state index >= 15 is 0 Å². The molecule has 23 heavy (non-hydrogen) atoms. The lowest BCUT2D eigenvalue weighted by atomic mass is 9.89. The van der Waals surface area contributed by atoms with Crippen LogP contribution in [0.4, 0.5) is 0 Å². The zero-order valence-electron chi connectivity index (χ0n) is 13.8. The standard InChI is InChI=1S/C19H28N2O2/c22-18(13-20-12-14-6-2-1-3-7-14)19(23)21-17-11-10-15-8-4-5-9-16(15)17/h4-5,8-9,14,17-18,20,22H,1-3,6-7,10-13H2,(H,21,23). The van der Waals surface area contributed by atoms with Crippen molar-refractivity contribution >= 4 is 5.91 Å². The topological polar surface area (TPSA) is 61.4 Å². The molecule has 1 aromatic carbocycles. The molecule has 0 heterocycles. The molecule has 2 unspecified atom stereocenters. The fraction of sp³-hybridized carbons (Fsp3) is 0.632. The molecule has 1 saturated carbocycles. The lowest BCUT2D eigenvalue weighted by molar-refractivity contribution is -0.129. The Balaban J connectivity index is 1.41. The Morgan fingerprint density at radius 3 is 2.78 bits per heavy atom. The van der Waals surface area contributed by atoms with Crippen LogP contribution >= 0.6 is 0 Å². The zero-order valence-corrected chi connectivity index (χ0v) is 13.8. The second-order valence-corrected chi connectivity index (χ2v) is 6.98. The average Bonchev–Trinajstić information content (AvgIpc) is 2.99. The van der Waals surface area contributed by atoms with Crippen LogP contribution in [0, 0.1) is 5.92 Å². The largest absolute Gasteiger partial charge is 0.382 e.